The van der Waals surface area contributed by atoms with Gasteiger partial charge in [0, 0.05) is 34.1 Å². The molecular weight excluding hydrogens is 348 g/mol. The van der Waals surface area contributed by atoms with E-state index in [4.69, 9.17) is 0 Å². The zero-order chi connectivity index (χ0) is 16.8. The second kappa shape index (κ2) is 6.05. The smallest absolute Gasteiger partial charge is 0.125 e. The molecule has 0 unspecified atom stereocenters. The van der Waals surface area contributed by atoms with E-state index < -0.39 is 0 Å². The van der Waals surface area contributed by atoms with E-state index in [1.165, 1.54) is 21.4 Å². The fraction of sp³-hybridized carbons (Fsp3) is 0.263. The number of thiophene rings is 1. The van der Waals surface area contributed by atoms with Gasteiger partial charge in [-0.1, -0.05) is 0 Å². The molecule has 2 atom stereocenters. The molecule has 5 rings (SSSR count). The van der Waals surface area contributed by atoms with Gasteiger partial charge in [0.1, 0.15) is 4.83 Å². The lowest BCUT2D eigenvalue weighted by atomic mass is 10.00. The zero-order valence-corrected chi connectivity index (χ0v) is 15.5. The first-order chi connectivity index (χ1) is 12.3. The monoisotopic (exact) mass is 366 g/mol. The van der Waals surface area contributed by atoms with E-state index in [1.807, 2.05) is 23.0 Å². The van der Waals surface area contributed by atoms with E-state index in [2.05, 4.69) is 57.9 Å². The molecule has 0 bridgehead atoms. The lowest BCUT2D eigenvalue weighted by Crippen LogP contribution is -2.20. The highest BCUT2D eigenvalue weighted by Crippen LogP contribution is 2.38. The number of rotatable bonds is 3. The van der Waals surface area contributed by atoms with Gasteiger partial charge < -0.3 is 10.6 Å². The van der Waals surface area contributed by atoms with Crippen molar-refractivity contribution < 1.29 is 0 Å². The number of nitrogens with one attached hydrogen (secondary N) is 2. The van der Waals surface area contributed by atoms with Crippen molar-refractivity contribution in [2.24, 2.45) is 0 Å². The lowest BCUT2D eigenvalue weighted by Gasteiger charge is -2.12. The number of pyridine rings is 1. The first kappa shape index (κ1) is 15.3. The Morgan fingerprint density at radius 1 is 1.20 bits per heavy atom. The Kier molecular flexibility index (Phi) is 3.69. The number of hydrogen-bond donors (Lipinski definition) is 2. The van der Waals surface area contributed by atoms with Crippen LogP contribution in [0, 0.1) is 0 Å². The molecule has 0 radical (unpaired) electrons. The van der Waals surface area contributed by atoms with Crippen molar-refractivity contribution >= 4 is 54.5 Å². The molecule has 1 aromatic carbocycles. The average molecular weight is 367 g/mol. The van der Waals surface area contributed by atoms with Gasteiger partial charge in [-0.3, -0.25) is 0 Å². The highest BCUT2D eigenvalue weighted by atomic mass is 32.1. The van der Waals surface area contributed by atoms with Crippen LogP contribution < -0.4 is 10.6 Å². The Morgan fingerprint density at radius 2 is 2.16 bits per heavy atom. The minimum atomic E-state index is 0.538. The van der Waals surface area contributed by atoms with E-state index in [9.17, 15) is 0 Å². The molecular formula is C19H18N4S2. The van der Waals surface area contributed by atoms with Crippen LogP contribution in [0.15, 0.2) is 42.0 Å². The summed E-state index contributed by atoms with van der Waals surface area (Å²) in [5.41, 5.74) is 5.11. The van der Waals surface area contributed by atoms with E-state index >= 15 is 0 Å². The maximum Gasteiger partial charge on any atom is 0.125 e. The van der Waals surface area contributed by atoms with Crippen LogP contribution in [-0.2, 0) is 0 Å². The summed E-state index contributed by atoms with van der Waals surface area (Å²) in [5, 5.41) is 8.31. The molecule has 4 nitrogen and oxygen atoms in total. The second-order valence-electron chi connectivity index (χ2n) is 6.52. The minimum Gasteiger partial charge on any atom is -0.355 e. The first-order valence-electron chi connectivity index (χ1n) is 8.50. The van der Waals surface area contributed by atoms with Crippen molar-refractivity contribution in [3.05, 3.63) is 46.9 Å². The van der Waals surface area contributed by atoms with Crippen LogP contribution in [0.2, 0.25) is 0 Å². The van der Waals surface area contributed by atoms with Gasteiger partial charge in [0.05, 0.1) is 21.4 Å². The number of fused-ring (bicyclic) bond motifs is 2. The zero-order valence-electron chi connectivity index (χ0n) is 13.8. The van der Waals surface area contributed by atoms with Crippen molar-refractivity contribution in [1.29, 1.82) is 0 Å². The van der Waals surface area contributed by atoms with E-state index in [0.717, 1.165) is 28.3 Å². The number of anilines is 2. The molecule has 0 amide bonds. The van der Waals surface area contributed by atoms with Gasteiger partial charge in [-0.2, -0.15) is 0 Å². The molecule has 1 aliphatic rings. The summed E-state index contributed by atoms with van der Waals surface area (Å²) >= 11 is 3.49. The number of thiazole rings is 1. The quantitative estimate of drug-likeness (QED) is 0.529. The molecule has 3 aromatic heterocycles. The highest BCUT2D eigenvalue weighted by Gasteiger charge is 2.26. The number of hydrogen-bond acceptors (Lipinski definition) is 6. The van der Waals surface area contributed by atoms with Crippen molar-refractivity contribution in [2.45, 2.75) is 25.3 Å². The van der Waals surface area contributed by atoms with Crippen molar-refractivity contribution in [2.75, 3.05) is 11.9 Å². The fourth-order valence-corrected chi connectivity index (χ4v) is 5.51. The molecule has 0 spiro atoms. The number of aromatic nitrogens is 2. The first-order valence-corrected chi connectivity index (χ1v) is 10.2. The molecule has 1 saturated heterocycles. The van der Waals surface area contributed by atoms with Crippen molar-refractivity contribution in [1.82, 2.24) is 15.3 Å². The average Bonchev–Trinajstić information content (AvgIpc) is 3.32. The van der Waals surface area contributed by atoms with Crippen LogP contribution in [-0.4, -0.2) is 22.6 Å². The third-order valence-corrected chi connectivity index (χ3v) is 6.94. The molecule has 0 aliphatic carbocycles. The third-order valence-electron chi connectivity index (χ3n) is 4.95. The van der Waals surface area contributed by atoms with Crippen molar-refractivity contribution in [3.63, 3.8) is 0 Å². The Bertz CT molecular complexity index is 1050. The lowest BCUT2D eigenvalue weighted by molar-refractivity contribution is 0.602. The van der Waals surface area contributed by atoms with Crippen LogP contribution in [0.1, 0.15) is 24.1 Å². The van der Waals surface area contributed by atoms with Gasteiger partial charge in [0.15, 0.2) is 0 Å². The van der Waals surface area contributed by atoms with Crippen LogP contribution in [0.5, 0.6) is 0 Å². The van der Waals surface area contributed by atoms with Crippen LogP contribution >= 0.6 is 22.7 Å². The Hall–Kier alpha value is -2.02. The summed E-state index contributed by atoms with van der Waals surface area (Å²) in [5.74, 6) is 0.596. The normalized spacial score (nSPS) is 20.5. The van der Waals surface area contributed by atoms with Gasteiger partial charge >= 0.3 is 0 Å². The van der Waals surface area contributed by atoms with E-state index in [1.54, 1.807) is 11.3 Å². The Morgan fingerprint density at radius 3 is 3.04 bits per heavy atom. The summed E-state index contributed by atoms with van der Waals surface area (Å²) < 4.78 is 1.21. The SMILES string of the molecule is C[C@@H]1NCC[C@H]1c1cc2c(Nc3ccc4scnc4c3)ccnc2s1. The summed E-state index contributed by atoms with van der Waals surface area (Å²) in [6.45, 7) is 3.38. The van der Waals surface area contributed by atoms with Gasteiger partial charge in [-0.15, -0.1) is 22.7 Å². The standard InChI is InChI=1S/C19H18N4S2/c1-11-13(4-6-20-11)18-9-14-15(5-7-21-19(14)25-18)23-12-2-3-17-16(8-12)22-10-24-17/h2-3,5,7-11,13,20H,4,6H2,1H3,(H,21,23)/t11-,13+/m0/s1. The molecule has 4 heterocycles. The predicted octanol–water partition coefficient (Wildman–Crippen LogP) is 5.12. The fourth-order valence-electron chi connectivity index (χ4n) is 3.59. The van der Waals surface area contributed by atoms with Crippen molar-refractivity contribution in [3.8, 4) is 0 Å². The molecule has 1 fully saturated rings. The second-order valence-corrected chi connectivity index (χ2v) is 8.47. The molecule has 1 aliphatic heterocycles. The van der Waals surface area contributed by atoms with Crippen LogP contribution in [0.4, 0.5) is 11.4 Å². The largest absolute Gasteiger partial charge is 0.355 e. The topological polar surface area (TPSA) is 49.8 Å². The molecule has 6 heteroatoms. The van der Waals surface area contributed by atoms with Gasteiger partial charge in [-0.05, 0) is 50.2 Å². The number of benzene rings is 1. The molecule has 25 heavy (non-hydrogen) atoms. The summed E-state index contributed by atoms with van der Waals surface area (Å²) in [4.78, 5) is 11.5. The maximum absolute atomic E-state index is 4.59. The predicted molar refractivity (Wildman–Crippen MR) is 107 cm³/mol. The number of nitrogens with zero attached hydrogens (tertiary/aromatic N) is 2. The molecule has 4 aromatic rings. The van der Waals surface area contributed by atoms with Gasteiger partial charge in [0.2, 0.25) is 0 Å². The third kappa shape index (κ3) is 2.70. The molecule has 126 valence electrons. The minimum absolute atomic E-state index is 0.538. The summed E-state index contributed by atoms with van der Waals surface area (Å²) in [6, 6.07) is 11.3. The highest BCUT2D eigenvalue weighted by molar-refractivity contribution is 7.18. The summed E-state index contributed by atoms with van der Waals surface area (Å²) in [7, 11) is 0. The maximum atomic E-state index is 4.59. The van der Waals surface area contributed by atoms with Crippen LogP contribution in [0.25, 0.3) is 20.4 Å². The Labute approximate surface area is 153 Å². The van der Waals surface area contributed by atoms with Gasteiger partial charge in [-0.25, -0.2) is 9.97 Å². The van der Waals surface area contributed by atoms with E-state index in [-0.39, 0.29) is 0 Å². The molecule has 0 saturated carbocycles. The van der Waals surface area contributed by atoms with E-state index in [0.29, 0.717) is 12.0 Å². The Balaban J connectivity index is 1.53. The molecule has 2 N–H and O–H groups in total. The van der Waals surface area contributed by atoms with Crippen LogP contribution in [0.3, 0.4) is 0 Å². The summed E-state index contributed by atoms with van der Waals surface area (Å²) in [6.07, 6.45) is 3.10. The van der Waals surface area contributed by atoms with Gasteiger partial charge in [0.25, 0.3) is 0 Å².